The Kier molecular flexibility index (Phi) is 4.72. The average Bonchev–Trinajstić information content (AvgIpc) is 2.86. The highest BCUT2D eigenvalue weighted by atomic mass is 35.5. The molecular formula is C18H14ClFN2O2S. The van der Waals surface area contributed by atoms with Gasteiger partial charge in [0.15, 0.2) is 0 Å². The van der Waals surface area contributed by atoms with Crippen molar-refractivity contribution in [3.05, 3.63) is 39.7 Å². The van der Waals surface area contributed by atoms with Crippen LogP contribution < -0.4 is 4.90 Å². The molecule has 3 rings (SSSR count). The molecular weight excluding hydrogens is 363 g/mol. The van der Waals surface area contributed by atoms with Gasteiger partial charge >= 0.3 is 0 Å². The second-order valence-corrected chi connectivity index (χ2v) is 6.96. The van der Waals surface area contributed by atoms with E-state index in [9.17, 15) is 14.0 Å². The van der Waals surface area contributed by atoms with E-state index < -0.39 is 23.5 Å². The largest absolute Gasteiger partial charge is 0.269 e. The summed E-state index contributed by atoms with van der Waals surface area (Å²) in [6.07, 6.45) is 2.73. The summed E-state index contributed by atoms with van der Waals surface area (Å²) in [7, 11) is 0. The molecule has 0 N–H and O–H groups in total. The Morgan fingerprint density at radius 3 is 2.36 bits per heavy atom. The molecule has 0 spiro atoms. The molecule has 1 aromatic rings. The zero-order valence-corrected chi connectivity index (χ0v) is 15.0. The van der Waals surface area contributed by atoms with E-state index in [0.29, 0.717) is 24.0 Å². The standard InChI is InChI=1S/C18H14ClFN2O2S/c1-9(8-21)16(25)12-6-15(14(20)7-13(12)19)22-17(23)10-4-2-3-5-11(10)18(22)24/h6-7,9H,2-5H2,1H3. The van der Waals surface area contributed by atoms with E-state index >= 15 is 0 Å². The number of benzene rings is 1. The van der Waals surface area contributed by atoms with Crippen LogP contribution in [0.2, 0.25) is 5.02 Å². The molecule has 0 fully saturated rings. The maximum Gasteiger partial charge on any atom is 0.261 e. The normalized spacial score (nSPS) is 18.2. The predicted molar refractivity (Wildman–Crippen MR) is 95.9 cm³/mol. The van der Waals surface area contributed by atoms with Gasteiger partial charge in [-0.25, -0.2) is 9.29 Å². The molecule has 2 amide bonds. The van der Waals surface area contributed by atoms with E-state index in [1.807, 2.05) is 6.07 Å². The van der Waals surface area contributed by atoms with Gasteiger partial charge in [0.2, 0.25) is 0 Å². The van der Waals surface area contributed by atoms with Crippen LogP contribution in [-0.2, 0) is 9.59 Å². The van der Waals surface area contributed by atoms with Crippen molar-refractivity contribution in [1.29, 1.82) is 5.26 Å². The number of nitriles is 1. The maximum atomic E-state index is 14.5. The Bertz CT molecular complexity index is 860. The number of halogens is 2. The van der Waals surface area contributed by atoms with E-state index in [2.05, 4.69) is 0 Å². The van der Waals surface area contributed by atoms with Gasteiger partial charge in [-0.05, 0) is 44.7 Å². The van der Waals surface area contributed by atoms with Gasteiger partial charge < -0.3 is 0 Å². The van der Waals surface area contributed by atoms with Crippen LogP contribution in [-0.4, -0.2) is 16.7 Å². The molecule has 0 bridgehead atoms. The maximum absolute atomic E-state index is 14.5. The Morgan fingerprint density at radius 2 is 1.84 bits per heavy atom. The second-order valence-electron chi connectivity index (χ2n) is 6.11. The fourth-order valence-corrected chi connectivity index (χ4v) is 3.68. The fourth-order valence-electron chi connectivity index (χ4n) is 3.15. The molecule has 2 aliphatic rings. The lowest BCUT2D eigenvalue weighted by Crippen LogP contribution is -2.32. The summed E-state index contributed by atoms with van der Waals surface area (Å²) in [6, 6.07) is 4.32. The molecule has 1 atom stereocenters. The Hall–Kier alpha value is -2.10. The molecule has 1 heterocycles. The van der Waals surface area contributed by atoms with Crippen molar-refractivity contribution in [2.24, 2.45) is 5.92 Å². The van der Waals surface area contributed by atoms with E-state index in [1.165, 1.54) is 6.07 Å². The molecule has 1 aliphatic heterocycles. The summed E-state index contributed by atoms with van der Waals surface area (Å²) in [5.74, 6) is -2.35. The Labute approximate surface area is 154 Å². The number of amides is 2. The summed E-state index contributed by atoms with van der Waals surface area (Å²) in [6.45, 7) is 1.61. The third-order valence-electron chi connectivity index (χ3n) is 4.52. The van der Waals surface area contributed by atoms with Crippen molar-refractivity contribution < 1.29 is 14.0 Å². The fraction of sp³-hybridized carbons (Fsp3) is 0.333. The summed E-state index contributed by atoms with van der Waals surface area (Å²) in [5, 5.41) is 9.08. The minimum Gasteiger partial charge on any atom is -0.269 e. The number of hydrogen-bond acceptors (Lipinski definition) is 4. The number of thiocarbonyl (C=S) groups is 1. The first-order chi connectivity index (χ1) is 11.9. The van der Waals surface area contributed by atoms with Crippen LogP contribution >= 0.6 is 23.8 Å². The molecule has 7 heteroatoms. The first-order valence-electron chi connectivity index (χ1n) is 7.90. The lowest BCUT2D eigenvalue weighted by molar-refractivity contribution is -0.120. The molecule has 1 aliphatic carbocycles. The van der Waals surface area contributed by atoms with E-state index in [1.54, 1.807) is 6.92 Å². The summed E-state index contributed by atoms with van der Waals surface area (Å²) < 4.78 is 14.5. The number of imide groups is 1. The lowest BCUT2D eigenvalue weighted by Gasteiger charge is -2.18. The third-order valence-corrected chi connectivity index (χ3v) is 5.41. The van der Waals surface area contributed by atoms with E-state index in [0.717, 1.165) is 23.8 Å². The SMILES string of the molecule is CC(C#N)C(=S)c1cc(N2C(=O)C3=C(CCCC3)C2=O)c(F)cc1Cl. The zero-order chi connectivity index (χ0) is 18.3. The molecule has 0 aromatic heterocycles. The van der Waals surface area contributed by atoms with Crippen molar-refractivity contribution >= 4 is 46.2 Å². The molecule has 0 saturated carbocycles. The quantitative estimate of drug-likeness (QED) is 0.452. The van der Waals surface area contributed by atoms with Gasteiger partial charge in [-0.1, -0.05) is 23.8 Å². The number of nitrogens with zero attached hydrogens (tertiary/aromatic N) is 2. The highest BCUT2D eigenvalue weighted by Gasteiger charge is 2.41. The van der Waals surface area contributed by atoms with Crippen LogP contribution in [0, 0.1) is 23.1 Å². The van der Waals surface area contributed by atoms with Gasteiger partial charge in [0.1, 0.15) is 5.82 Å². The molecule has 4 nitrogen and oxygen atoms in total. The van der Waals surface area contributed by atoms with Crippen LogP contribution in [0.5, 0.6) is 0 Å². The van der Waals surface area contributed by atoms with E-state index in [-0.39, 0.29) is 21.1 Å². The molecule has 1 aromatic carbocycles. The monoisotopic (exact) mass is 376 g/mol. The smallest absolute Gasteiger partial charge is 0.261 e. The molecule has 25 heavy (non-hydrogen) atoms. The average molecular weight is 377 g/mol. The van der Waals surface area contributed by atoms with Crippen molar-refractivity contribution in [3.63, 3.8) is 0 Å². The Balaban J connectivity index is 2.07. The minimum absolute atomic E-state index is 0.0465. The highest BCUT2D eigenvalue weighted by molar-refractivity contribution is 7.81. The molecule has 128 valence electrons. The van der Waals surface area contributed by atoms with E-state index in [4.69, 9.17) is 29.1 Å². The first-order valence-corrected chi connectivity index (χ1v) is 8.69. The number of carbonyl (C=O) groups is 2. The number of carbonyl (C=O) groups excluding carboxylic acids is 2. The van der Waals surface area contributed by atoms with Crippen molar-refractivity contribution in [2.45, 2.75) is 32.6 Å². The molecule has 0 radical (unpaired) electrons. The first kappa shape index (κ1) is 17.7. The molecule has 1 unspecified atom stereocenters. The van der Waals surface area contributed by atoms with Crippen LogP contribution in [0.1, 0.15) is 38.2 Å². The summed E-state index contributed by atoms with van der Waals surface area (Å²) in [4.78, 5) is 26.3. The number of anilines is 1. The zero-order valence-electron chi connectivity index (χ0n) is 13.4. The topological polar surface area (TPSA) is 61.2 Å². The van der Waals surface area contributed by atoms with Crippen molar-refractivity contribution in [3.8, 4) is 6.07 Å². The summed E-state index contributed by atoms with van der Waals surface area (Å²) >= 11 is 11.3. The summed E-state index contributed by atoms with van der Waals surface area (Å²) in [5.41, 5.74) is 1.06. The van der Waals surface area contributed by atoms with Gasteiger partial charge in [0.05, 0.1) is 22.7 Å². The van der Waals surface area contributed by atoms with Gasteiger partial charge in [0.25, 0.3) is 11.8 Å². The lowest BCUT2D eigenvalue weighted by atomic mass is 9.93. The van der Waals surface area contributed by atoms with Crippen molar-refractivity contribution in [1.82, 2.24) is 0 Å². The predicted octanol–water partition coefficient (Wildman–Crippen LogP) is 4.10. The number of rotatable bonds is 3. The minimum atomic E-state index is -0.775. The van der Waals surface area contributed by atoms with Crippen LogP contribution in [0.4, 0.5) is 10.1 Å². The van der Waals surface area contributed by atoms with Crippen LogP contribution in [0.25, 0.3) is 0 Å². The third kappa shape index (κ3) is 2.88. The van der Waals surface area contributed by atoms with Gasteiger partial charge in [-0.2, -0.15) is 5.26 Å². The van der Waals surface area contributed by atoms with Gasteiger partial charge in [-0.15, -0.1) is 0 Å². The Morgan fingerprint density at radius 1 is 1.28 bits per heavy atom. The van der Waals surface area contributed by atoms with Gasteiger partial charge in [0, 0.05) is 21.6 Å². The van der Waals surface area contributed by atoms with Crippen LogP contribution in [0.15, 0.2) is 23.3 Å². The van der Waals surface area contributed by atoms with Gasteiger partial charge in [-0.3, -0.25) is 9.59 Å². The van der Waals surface area contributed by atoms with Crippen molar-refractivity contribution in [2.75, 3.05) is 4.90 Å². The van der Waals surface area contributed by atoms with Crippen LogP contribution in [0.3, 0.4) is 0 Å². The number of hydrogen-bond donors (Lipinski definition) is 0. The second kappa shape index (κ2) is 6.66. The molecule has 0 saturated heterocycles. The highest BCUT2D eigenvalue weighted by Crippen LogP contribution is 2.38.